The summed E-state index contributed by atoms with van der Waals surface area (Å²) in [6, 6.07) is 13.1. The normalized spacial score (nSPS) is 10.9. The standard InChI is InChI=1S/C27H30F2N2O5S/c1-5-36-27(33)23-24(25(28)29)37-22(30-23)16-31(13-9-12-18-10-7-6-8-11-18)26(32)19-14-20(34-3)17(2)21(15-19)35-4/h6-8,10-11,14-15,25H,5,9,12-13,16H2,1-4H3. The van der Waals surface area contributed by atoms with Gasteiger partial charge in [-0.3, -0.25) is 4.79 Å². The smallest absolute Gasteiger partial charge is 0.358 e. The lowest BCUT2D eigenvalue weighted by atomic mass is 10.1. The van der Waals surface area contributed by atoms with E-state index in [1.807, 2.05) is 37.3 Å². The van der Waals surface area contributed by atoms with Crippen molar-refractivity contribution in [2.75, 3.05) is 27.4 Å². The van der Waals surface area contributed by atoms with E-state index in [9.17, 15) is 18.4 Å². The van der Waals surface area contributed by atoms with Crippen molar-refractivity contribution in [1.82, 2.24) is 9.88 Å². The third kappa shape index (κ3) is 7.03. The van der Waals surface area contributed by atoms with E-state index in [1.165, 1.54) is 19.1 Å². The fraction of sp³-hybridized carbons (Fsp3) is 0.370. The van der Waals surface area contributed by atoms with Gasteiger partial charge in [-0.15, -0.1) is 11.3 Å². The molecule has 0 unspecified atom stereocenters. The number of halogens is 2. The van der Waals surface area contributed by atoms with Crippen molar-refractivity contribution < 1.29 is 32.6 Å². The van der Waals surface area contributed by atoms with Crippen LogP contribution >= 0.6 is 11.3 Å². The van der Waals surface area contributed by atoms with E-state index in [1.54, 1.807) is 19.1 Å². The Bertz CT molecular complexity index is 1190. The molecule has 0 spiro atoms. The van der Waals surface area contributed by atoms with Crippen LogP contribution in [0.15, 0.2) is 42.5 Å². The number of carbonyl (C=O) groups is 2. The molecule has 0 aliphatic carbocycles. The second-order valence-corrected chi connectivity index (χ2v) is 9.28. The molecule has 0 aliphatic heterocycles. The highest BCUT2D eigenvalue weighted by molar-refractivity contribution is 7.12. The number of alkyl halides is 2. The molecule has 0 N–H and O–H groups in total. The van der Waals surface area contributed by atoms with Crippen LogP contribution in [0.3, 0.4) is 0 Å². The average Bonchev–Trinajstić information content (AvgIpc) is 3.33. The lowest BCUT2D eigenvalue weighted by Gasteiger charge is -2.23. The summed E-state index contributed by atoms with van der Waals surface area (Å²) in [6.07, 6.45) is -1.54. The molecule has 0 atom stereocenters. The van der Waals surface area contributed by atoms with Crippen molar-refractivity contribution in [2.45, 2.75) is 39.7 Å². The number of esters is 1. The van der Waals surface area contributed by atoms with Gasteiger partial charge in [-0.1, -0.05) is 30.3 Å². The van der Waals surface area contributed by atoms with Crippen molar-refractivity contribution >= 4 is 23.2 Å². The molecule has 37 heavy (non-hydrogen) atoms. The first kappa shape index (κ1) is 28.0. The Morgan fingerprint density at radius 1 is 1.08 bits per heavy atom. The van der Waals surface area contributed by atoms with Gasteiger partial charge in [0.2, 0.25) is 0 Å². The maximum atomic E-state index is 13.7. The number of ether oxygens (including phenoxy) is 3. The van der Waals surface area contributed by atoms with Crippen LogP contribution < -0.4 is 9.47 Å². The summed E-state index contributed by atoms with van der Waals surface area (Å²) in [5.41, 5.74) is 1.78. The van der Waals surface area contributed by atoms with E-state index in [2.05, 4.69) is 4.98 Å². The minimum absolute atomic E-state index is 0.0373. The number of carbonyl (C=O) groups excluding carboxylic acids is 2. The summed E-state index contributed by atoms with van der Waals surface area (Å²) in [4.78, 5) is 31.1. The Labute approximate surface area is 219 Å². The molecule has 0 bridgehead atoms. The molecular formula is C27H30F2N2O5S. The van der Waals surface area contributed by atoms with Gasteiger partial charge >= 0.3 is 5.97 Å². The number of nitrogens with zero attached hydrogens (tertiary/aromatic N) is 2. The lowest BCUT2D eigenvalue weighted by Crippen LogP contribution is -2.32. The van der Waals surface area contributed by atoms with Crippen molar-refractivity contribution in [3.05, 3.63) is 74.7 Å². The number of amides is 1. The molecule has 7 nitrogen and oxygen atoms in total. The molecule has 2 aromatic carbocycles. The number of aryl methyl sites for hydroxylation is 1. The summed E-state index contributed by atoms with van der Waals surface area (Å²) in [5.74, 6) is -0.261. The molecule has 0 saturated carbocycles. The minimum atomic E-state index is -2.89. The van der Waals surface area contributed by atoms with Gasteiger partial charge in [0.05, 0.1) is 27.4 Å². The molecule has 3 aromatic rings. The highest BCUT2D eigenvalue weighted by Gasteiger charge is 2.27. The summed E-state index contributed by atoms with van der Waals surface area (Å²) in [6.45, 7) is 3.74. The predicted octanol–water partition coefficient (Wildman–Crippen LogP) is 5.86. The van der Waals surface area contributed by atoms with Gasteiger partial charge in [0, 0.05) is 17.7 Å². The zero-order valence-electron chi connectivity index (χ0n) is 21.3. The number of hydrogen-bond acceptors (Lipinski definition) is 7. The highest BCUT2D eigenvalue weighted by atomic mass is 32.1. The zero-order chi connectivity index (χ0) is 26.9. The van der Waals surface area contributed by atoms with Crippen LogP contribution in [0.25, 0.3) is 0 Å². The van der Waals surface area contributed by atoms with Crippen LogP contribution in [0, 0.1) is 6.92 Å². The van der Waals surface area contributed by atoms with Gasteiger partial charge in [-0.25, -0.2) is 18.6 Å². The second-order valence-electron chi connectivity index (χ2n) is 8.16. The van der Waals surface area contributed by atoms with E-state index >= 15 is 0 Å². The van der Waals surface area contributed by atoms with E-state index in [0.717, 1.165) is 17.5 Å². The predicted molar refractivity (Wildman–Crippen MR) is 137 cm³/mol. The van der Waals surface area contributed by atoms with Crippen molar-refractivity contribution in [2.24, 2.45) is 0 Å². The molecular weight excluding hydrogens is 502 g/mol. The van der Waals surface area contributed by atoms with Gasteiger partial charge in [0.25, 0.3) is 12.3 Å². The number of aromatic nitrogens is 1. The van der Waals surface area contributed by atoms with Gasteiger partial charge in [0.15, 0.2) is 5.69 Å². The molecule has 198 valence electrons. The fourth-order valence-electron chi connectivity index (χ4n) is 3.87. The van der Waals surface area contributed by atoms with E-state index < -0.39 is 23.0 Å². The Morgan fingerprint density at radius 3 is 2.30 bits per heavy atom. The zero-order valence-corrected chi connectivity index (χ0v) is 22.1. The van der Waals surface area contributed by atoms with Crippen molar-refractivity contribution in [3.8, 4) is 11.5 Å². The molecule has 0 fully saturated rings. The minimum Gasteiger partial charge on any atom is -0.496 e. The average molecular weight is 533 g/mol. The summed E-state index contributed by atoms with van der Waals surface area (Å²) < 4.78 is 43.0. The van der Waals surface area contributed by atoms with Crippen LogP contribution in [0.4, 0.5) is 8.78 Å². The molecule has 1 heterocycles. The third-order valence-electron chi connectivity index (χ3n) is 5.71. The van der Waals surface area contributed by atoms with Gasteiger partial charge in [-0.2, -0.15) is 0 Å². The van der Waals surface area contributed by atoms with E-state index in [-0.39, 0.29) is 24.1 Å². The first-order chi connectivity index (χ1) is 17.8. The summed E-state index contributed by atoms with van der Waals surface area (Å²) >= 11 is 0.705. The Balaban J connectivity index is 1.92. The Morgan fingerprint density at radius 2 is 1.73 bits per heavy atom. The maximum absolute atomic E-state index is 13.7. The fourth-order valence-corrected chi connectivity index (χ4v) is 4.79. The van der Waals surface area contributed by atoms with E-state index in [4.69, 9.17) is 14.2 Å². The van der Waals surface area contributed by atoms with Crippen molar-refractivity contribution in [3.63, 3.8) is 0 Å². The van der Waals surface area contributed by atoms with Crippen LogP contribution in [-0.4, -0.2) is 49.1 Å². The highest BCUT2D eigenvalue weighted by Crippen LogP contribution is 2.32. The number of methoxy groups -OCH3 is 2. The lowest BCUT2D eigenvalue weighted by molar-refractivity contribution is 0.0510. The topological polar surface area (TPSA) is 78.0 Å². The van der Waals surface area contributed by atoms with Crippen molar-refractivity contribution in [1.29, 1.82) is 0 Å². The Kier molecular flexibility index (Phi) is 9.96. The molecule has 1 amide bonds. The largest absolute Gasteiger partial charge is 0.496 e. The molecule has 1 aromatic heterocycles. The third-order valence-corrected chi connectivity index (χ3v) is 6.76. The monoisotopic (exact) mass is 532 g/mol. The molecule has 0 saturated heterocycles. The maximum Gasteiger partial charge on any atom is 0.358 e. The van der Waals surface area contributed by atoms with Gasteiger partial charge in [0.1, 0.15) is 21.4 Å². The Hall–Kier alpha value is -3.53. The summed E-state index contributed by atoms with van der Waals surface area (Å²) in [5, 5.41) is 0.220. The summed E-state index contributed by atoms with van der Waals surface area (Å²) in [7, 11) is 3.01. The number of rotatable bonds is 12. The first-order valence-electron chi connectivity index (χ1n) is 11.8. The van der Waals surface area contributed by atoms with Crippen LogP contribution in [0.5, 0.6) is 11.5 Å². The number of thiazole rings is 1. The van der Waals surface area contributed by atoms with Crippen LogP contribution in [0.2, 0.25) is 0 Å². The van der Waals surface area contributed by atoms with E-state index in [0.29, 0.717) is 41.4 Å². The molecule has 0 radical (unpaired) electrons. The molecule has 0 aliphatic rings. The molecule has 10 heteroatoms. The number of hydrogen-bond donors (Lipinski definition) is 0. The van der Waals surface area contributed by atoms with Crippen LogP contribution in [-0.2, 0) is 17.7 Å². The van der Waals surface area contributed by atoms with Crippen LogP contribution in [0.1, 0.15) is 61.6 Å². The van der Waals surface area contributed by atoms with Gasteiger partial charge in [-0.05, 0) is 44.4 Å². The molecule has 3 rings (SSSR count). The first-order valence-corrected chi connectivity index (χ1v) is 12.6. The van der Waals surface area contributed by atoms with Gasteiger partial charge < -0.3 is 19.1 Å². The number of benzene rings is 2. The quantitative estimate of drug-likeness (QED) is 0.272. The second kappa shape index (κ2) is 13.1. The SMILES string of the molecule is CCOC(=O)c1nc(CN(CCCc2ccccc2)C(=O)c2cc(OC)c(C)c(OC)c2)sc1C(F)F.